The highest BCUT2D eigenvalue weighted by Gasteiger charge is 2.22. The largest absolute Gasteiger partial charge is 0.409 e. The SMILES string of the molecule is CCC(C(=O)N(C)CC(N)=NO)c1ccccc1. The van der Waals surface area contributed by atoms with Crippen LogP contribution in [0.4, 0.5) is 0 Å². The molecule has 5 nitrogen and oxygen atoms in total. The van der Waals surface area contributed by atoms with E-state index in [2.05, 4.69) is 5.16 Å². The summed E-state index contributed by atoms with van der Waals surface area (Å²) in [5.74, 6) is -0.202. The Kier molecular flexibility index (Phi) is 5.17. The van der Waals surface area contributed by atoms with E-state index in [-0.39, 0.29) is 24.2 Å². The number of hydrogen-bond acceptors (Lipinski definition) is 3. The van der Waals surface area contributed by atoms with E-state index in [0.717, 1.165) is 5.56 Å². The van der Waals surface area contributed by atoms with Crippen molar-refractivity contribution in [3.05, 3.63) is 35.9 Å². The molecule has 3 N–H and O–H groups in total. The van der Waals surface area contributed by atoms with Crippen LogP contribution < -0.4 is 5.73 Å². The molecule has 18 heavy (non-hydrogen) atoms. The lowest BCUT2D eigenvalue weighted by atomic mass is 9.95. The fourth-order valence-corrected chi connectivity index (χ4v) is 1.86. The second-order valence-corrected chi connectivity index (χ2v) is 4.16. The minimum absolute atomic E-state index is 0.0220. The third kappa shape index (κ3) is 3.48. The summed E-state index contributed by atoms with van der Waals surface area (Å²) in [6.45, 7) is 2.09. The van der Waals surface area contributed by atoms with Gasteiger partial charge in [-0.15, -0.1) is 0 Å². The van der Waals surface area contributed by atoms with E-state index in [9.17, 15) is 4.79 Å². The average Bonchev–Trinajstić information content (AvgIpc) is 2.40. The maximum atomic E-state index is 12.3. The summed E-state index contributed by atoms with van der Waals surface area (Å²) in [4.78, 5) is 13.7. The molecule has 0 aliphatic carbocycles. The zero-order valence-electron chi connectivity index (χ0n) is 10.7. The molecule has 1 unspecified atom stereocenters. The van der Waals surface area contributed by atoms with Crippen molar-refractivity contribution in [1.82, 2.24) is 4.90 Å². The van der Waals surface area contributed by atoms with Gasteiger partial charge in [0.2, 0.25) is 5.91 Å². The van der Waals surface area contributed by atoms with Gasteiger partial charge in [-0.2, -0.15) is 0 Å². The van der Waals surface area contributed by atoms with Gasteiger partial charge in [0, 0.05) is 7.05 Å². The first-order valence-electron chi connectivity index (χ1n) is 5.86. The molecule has 5 heteroatoms. The number of amides is 1. The van der Waals surface area contributed by atoms with Crippen LogP contribution in [0.3, 0.4) is 0 Å². The van der Waals surface area contributed by atoms with Gasteiger partial charge in [-0.05, 0) is 12.0 Å². The number of oxime groups is 1. The molecule has 1 aromatic rings. The first-order chi connectivity index (χ1) is 8.60. The highest BCUT2D eigenvalue weighted by molar-refractivity contribution is 5.89. The molecular formula is C13H19N3O2. The molecule has 0 aliphatic rings. The number of likely N-dealkylation sites (N-methyl/N-ethyl adjacent to an activating group) is 1. The Bertz CT molecular complexity index is 418. The van der Waals surface area contributed by atoms with Crippen molar-refractivity contribution in [3.8, 4) is 0 Å². The number of amidine groups is 1. The molecule has 0 aromatic heterocycles. The topological polar surface area (TPSA) is 78.9 Å². The Balaban J connectivity index is 2.80. The van der Waals surface area contributed by atoms with E-state index in [1.54, 1.807) is 7.05 Å². The molecule has 0 aliphatic heterocycles. The van der Waals surface area contributed by atoms with Crippen LogP contribution in [0.25, 0.3) is 0 Å². The lowest BCUT2D eigenvalue weighted by molar-refractivity contribution is -0.130. The van der Waals surface area contributed by atoms with Gasteiger partial charge in [-0.25, -0.2) is 0 Å². The lowest BCUT2D eigenvalue weighted by Gasteiger charge is -2.22. The molecule has 98 valence electrons. The number of benzene rings is 1. The van der Waals surface area contributed by atoms with Crippen LogP contribution in [0.15, 0.2) is 35.5 Å². The molecule has 0 saturated carbocycles. The number of carbonyl (C=O) groups excluding carboxylic acids is 1. The molecule has 1 atom stereocenters. The summed E-state index contributed by atoms with van der Waals surface area (Å²) in [5, 5.41) is 11.4. The summed E-state index contributed by atoms with van der Waals surface area (Å²) < 4.78 is 0. The summed E-state index contributed by atoms with van der Waals surface area (Å²) in [6.07, 6.45) is 0.712. The van der Waals surface area contributed by atoms with Crippen LogP contribution in [-0.2, 0) is 4.79 Å². The Labute approximate surface area is 107 Å². The van der Waals surface area contributed by atoms with Crippen molar-refractivity contribution in [2.75, 3.05) is 13.6 Å². The molecule has 1 amide bonds. The molecule has 0 spiro atoms. The van der Waals surface area contributed by atoms with Crippen LogP contribution in [-0.4, -0.2) is 35.4 Å². The standard InChI is InChI=1S/C13H19N3O2/c1-3-11(10-7-5-4-6-8-10)13(17)16(2)9-12(14)15-18/h4-8,11,18H,3,9H2,1-2H3,(H2,14,15). The maximum absolute atomic E-state index is 12.3. The van der Waals surface area contributed by atoms with Crippen molar-refractivity contribution in [2.45, 2.75) is 19.3 Å². The first kappa shape index (κ1) is 14.0. The van der Waals surface area contributed by atoms with Crippen LogP contribution in [0, 0.1) is 0 Å². The van der Waals surface area contributed by atoms with Gasteiger partial charge in [-0.3, -0.25) is 4.79 Å². The van der Waals surface area contributed by atoms with E-state index >= 15 is 0 Å². The van der Waals surface area contributed by atoms with Gasteiger partial charge in [0.05, 0.1) is 12.5 Å². The molecule has 0 heterocycles. The lowest BCUT2D eigenvalue weighted by Crippen LogP contribution is -2.38. The van der Waals surface area contributed by atoms with Crippen LogP contribution in [0.5, 0.6) is 0 Å². The summed E-state index contributed by atoms with van der Waals surface area (Å²) in [7, 11) is 1.64. The van der Waals surface area contributed by atoms with E-state index < -0.39 is 0 Å². The molecular weight excluding hydrogens is 230 g/mol. The van der Waals surface area contributed by atoms with Crippen molar-refractivity contribution >= 4 is 11.7 Å². The highest BCUT2D eigenvalue weighted by Crippen LogP contribution is 2.21. The Morgan fingerprint density at radius 2 is 2.06 bits per heavy atom. The monoisotopic (exact) mass is 249 g/mol. The quantitative estimate of drug-likeness (QED) is 0.358. The van der Waals surface area contributed by atoms with Gasteiger partial charge in [-0.1, -0.05) is 42.4 Å². The molecule has 1 aromatic carbocycles. The zero-order chi connectivity index (χ0) is 13.5. The van der Waals surface area contributed by atoms with Gasteiger partial charge < -0.3 is 15.8 Å². The predicted molar refractivity (Wildman–Crippen MR) is 70.5 cm³/mol. The van der Waals surface area contributed by atoms with Crippen LogP contribution >= 0.6 is 0 Å². The summed E-state index contributed by atoms with van der Waals surface area (Å²) in [6, 6.07) is 9.61. The number of rotatable bonds is 5. The average molecular weight is 249 g/mol. The van der Waals surface area contributed by atoms with Crippen LogP contribution in [0.1, 0.15) is 24.8 Å². The van der Waals surface area contributed by atoms with Crippen LogP contribution in [0.2, 0.25) is 0 Å². The third-order valence-electron chi connectivity index (χ3n) is 2.81. The molecule has 0 radical (unpaired) electrons. The maximum Gasteiger partial charge on any atom is 0.230 e. The smallest absolute Gasteiger partial charge is 0.230 e. The minimum atomic E-state index is -0.192. The Hall–Kier alpha value is -2.04. The minimum Gasteiger partial charge on any atom is -0.409 e. The molecule has 0 fully saturated rings. The van der Waals surface area contributed by atoms with Gasteiger partial charge in [0.1, 0.15) is 0 Å². The van der Waals surface area contributed by atoms with Gasteiger partial charge >= 0.3 is 0 Å². The van der Waals surface area contributed by atoms with E-state index in [1.165, 1.54) is 4.90 Å². The molecule has 0 saturated heterocycles. The highest BCUT2D eigenvalue weighted by atomic mass is 16.4. The normalized spacial score (nSPS) is 13.1. The second-order valence-electron chi connectivity index (χ2n) is 4.16. The zero-order valence-corrected chi connectivity index (χ0v) is 10.7. The van der Waals surface area contributed by atoms with Crippen molar-refractivity contribution in [1.29, 1.82) is 0 Å². The Morgan fingerprint density at radius 1 is 1.44 bits per heavy atom. The van der Waals surface area contributed by atoms with Crippen molar-refractivity contribution < 1.29 is 10.0 Å². The summed E-state index contributed by atoms with van der Waals surface area (Å²) in [5.41, 5.74) is 6.38. The predicted octanol–water partition coefficient (Wildman–Crippen LogP) is 1.38. The molecule has 0 bridgehead atoms. The fraction of sp³-hybridized carbons (Fsp3) is 0.385. The van der Waals surface area contributed by atoms with E-state index in [0.29, 0.717) is 6.42 Å². The first-order valence-corrected chi connectivity index (χ1v) is 5.86. The molecule has 1 rings (SSSR count). The second kappa shape index (κ2) is 6.64. The number of hydrogen-bond donors (Lipinski definition) is 2. The summed E-state index contributed by atoms with van der Waals surface area (Å²) >= 11 is 0. The van der Waals surface area contributed by atoms with Gasteiger partial charge in [0.25, 0.3) is 0 Å². The number of nitrogens with two attached hydrogens (primary N) is 1. The van der Waals surface area contributed by atoms with Gasteiger partial charge in [0.15, 0.2) is 5.84 Å². The third-order valence-corrected chi connectivity index (χ3v) is 2.81. The van der Waals surface area contributed by atoms with E-state index in [4.69, 9.17) is 10.9 Å². The van der Waals surface area contributed by atoms with Crippen molar-refractivity contribution in [3.63, 3.8) is 0 Å². The van der Waals surface area contributed by atoms with E-state index in [1.807, 2.05) is 37.3 Å². The number of nitrogens with zero attached hydrogens (tertiary/aromatic N) is 2. The number of carbonyl (C=O) groups is 1. The van der Waals surface area contributed by atoms with Crippen molar-refractivity contribution in [2.24, 2.45) is 10.9 Å². The Morgan fingerprint density at radius 3 is 2.56 bits per heavy atom. The fourth-order valence-electron chi connectivity index (χ4n) is 1.86.